The fourth-order valence-electron chi connectivity index (χ4n) is 4.52. The fraction of sp³-hybridized carbons (Fsp3) is 0.636. The summed E-state index contributed by atoms with van der Waals surface area (Å²) in [4.78, 5) is 5.24. The Balaban J connectivity index is 1.88. The van der Waals surface area contributed by atoms with E-state index in [0.29, 0.717) is 0 Å². The molecule has 3 heteroatoms. The van der Waals surface area contributed by atoms with Crippen molar-refractivity contribution in [3.8, 4) is 0 Å². The largest absolute Gasteiger partial charge is 0.304 e. The van der Waals surface area contributed by atoms with E-state index >= 15 is 0 Å². The average molecular weight is 361 g/mol. The maximum Gasteiger partial charge on any atom is 0.0465 e. The van der Waals surface area contributed by atoms with Gasteiger partial charge >= 0.3 is 0 Å². The van der Waals surface area contributed by atoms with Gasteiger partial charge in [0.1, 0.15) is 0 Å². The molecule has 2 nitrogen and oxygen atoms in total. The van der Waals surface area contributed by atoms with Gasteiger partial charge in [-0.2, -0.15) is 0 Å². The van der Waals surface area contributed by atoms with Crippen LogP contribution in [0.3, 0.4) is 0 Å². The van der Waals surface area contributed by atoms with E-state index in [1.165, 1.54) is 50.6 Å². The maximum absolute atomic E-state index is 6.18. The molecule has 1 aromatic rings. The van der Waals surface area contributed by atoms with Crippen LogP contribution in [0.25, 0.3) is 0 Å². The normalized spacial score (nSPS) is 27.0. The summed E-state index contributed by atoms with van der Waals surface area (Å²) < 4.78 is 0. The monoisotopic (exact) mass is 360 g/mol. The second-order valence-corrected chi connectivity index (χ2v) is 8.42. The van der Waals surface area contributed by atoms with Crippen LogP contribution in [0.2, 0.25) is 5.02 Å². The van der Waals surface area contributed by atoms with Crippen LogP contribution >= 0.6 is 11.6 Å². The molecular weight excluding hydrogens is 328 g/mol. The van der Waals surface area contributed by atoms with E-state index in [1.54, 1.807) is 0 Å². The zero-order valence-corrected chi connectivity index (χ0v) is 16.6. The Morgan fingerprint density at radius 2 is 1.80 bits per heavy atom. The lowest BCUT2D eigenvalue weighted by atomic mass is 9.73. The highest BCUT2D eigenvalue weighted by Gasteiger charge is 2.43. The van der Waals surface area contributed by atoms with Crippen molar-refractivity contribution in [3.63, 3.8) is 0 Å². The predicted molar refractivity (Wildman–Crippen MR) is 108 cm³/mol. The number of rotatable bonds is 8. The van der Waals surface area contributed by atoms with Crippen LogP contribution in [0.5, 0.6) is 0 Å². The lowest BCUT2D eigenvalue weighted by Gasteiger charge is -2.50. The molecule has 2 fully saturated rings. The minimum atomic E-state index is 0.145. The van der Waals surface area contributed by atoms with Crippen molar-refractivity contribution in [2.75, 3.05) is 26.7 Å². The van der Waals surface area contributed by atoms with Gasteiger partial charge in [0.25, 0.3) is 0 Å². The van der Waals surface area contributed by atoms with Gasteiger partial charge in [0.15, 0.2) is 0 Å². The molecule has 2 aliphatic rings. The number of benzene rings is 1. The van der Waals surface area contributed by atoms with Crippen LogP contribution in [0.15, 0.2) is 36.9 Å². The molecule has 0 unspecified atom stereocenters. The first-order valence-corrected chi connectivity index (χ1v) is 10.3. The summed E-state index contributed by atoms with van der Waals surface area (Å²) in [5.41, 5.74) is 1.59. The Hall–Kier alpha value is -0.830. The highest BCUT2D eigenvalue weighted by Crippen LogP contribution is 2.45. The molecule has 25 heavy (non-hydrogen) atoms. The van der Waals surface area contributed by atoms with Gasteiger partial charge in [-0.25, -0.2) is 0 Å². The van der Waals surface area contributed by atoms with E-state index in [4.69, 9.17) is 11.6 Å². The third kappa shape index (κ3) is 4.30. The zero-order valence-electron chi connectivity index (χ0n) is 15.9. The first-order chi connectivity index (χ1) is 12.1. The van der Waals surface area contributed by atoms with Gasteiger partial charge in [0.05, 0.1) is 0 Å². The molecule has 0 aliphatic heterocycles. The maximum atomic E-state index is 6.18. The van der Waals surface area contributed by atoms with Crippen molar-refractivity contribution >= 4 is 11.6 Å². The lowest BCUT2D eigenvalue weighted by molar-refractivity contribution is 0.0265. The molecule has 0 radical (unpaired) electrons. The van der Waals surface area contributed by atoms with E-state index in [0.717, 1.165) is 30.1 Å². The standard InChI is InChI=1S/C22H33ClN2/c1-4-16-25(17-18-6-7-18)22(19-8-10-20(23)11-9-19)14-12-21(13-15-22)24(3)5-2/h4,8-11,18,21H,1,5-7,12-17H2,2-3H3. The third-order valence-electron chi connectivity index (χ3n) is 6.42. The van der Waals surface area contributed by atoms with E-state index in [-0.39, 0.29) is 5.54 Å². The second-order valence-electron chi connectivity index (χ2n) is 7.98. The smallest absolute Gasteiger partial charge is 0.0465 e. The van der Waals surface area contributed by atoms with Crippen molar-refractivity contribution in [1.82, 2.24) is 9.80 Å². The van der Waals surface area contributed by atoms with E-state index in [2.05, 4.69) is 60.7 Å². The molecule has 0 heterocycles. The Kier molecular flexibility index (Phi) is 6.25. The second kappa shape index (κ2) is 8.24. The van der Waals surface area contributed by atoms with Gasteiger partial charge in [0.2, 0.25) is 0 Å². The van der Waals surface area contributed by atoms with Crippen molar-refractivity contribution in [1.29, 1.82) is 0 Å². The van der Waals surface area contributed by atoms with Crippen LogP contribution in [-0.4, -0.2) is 42.5 Å². The topological polar surface area (TPSA) is 6.48 Å². The van der Waals surface area contributed by atoms with Gasteiger partial charge in [-0.15, -0.1) is 6.58 Å². The molecule has 0 amide bonds. The number of nitrogens with zero attached hydrogens (tertiary/aromatic N) is 2. The summed E-state index contributed by atoms with van der Waals surface area (Å²) in [6.07, 6.45) is 9.87. The number of halogens is 1. The van der Waals surface area contributed by atoms with E-state index in [1.807, 2.05) is 0 Å². The first-order valence-electron chi connectivity index (χ1n) is 9.91. The minimum absolute atomic E-state index is 0.145. The molecule has 2 aliphatic carbocycles. The number of hydrogen-bond donors (Lipinski definition) is 0. The molecule has 0 atom stereocenters. The minimum Gasteiger partial charge on any atom is -0.304 e. The molecule has 138 valence electrons. The average Bonchev–Trinajstić information content (AvgIpc) is 3.45. The van der Waals surface area contributed by atoms with Crippen LogP contribution < -0.4 is 0 Å². The van der Waals surface area contributed by atoms with Gasteiger partial charge < -0.3 is 4.90 Å². The summed E-state index contributed by atoms with van der Waals surface area (Å²) in [5, 5.41) is 0.829. The molecule has 0 saturated heterocycles. The molecular formula is C22H33ClN2. The van der Waals surface area contributed by atoms with Crippen LogP contribution in [0.1, 0.15) is 51.0 Å². The van der Waals surface area contributed by atoms with E-state index < -0.39 is 0 Å². The molecule has 0 aromatic heterocycles. The van der Waals surface area contributed by atoms with Crippen LogP contribution in [-0.2, 0) is 5.54 Å². The van der Waals surface area contributed by atoms with Crippen LogP contribution in [0.4, 0.5) is 0 Å². The van der Waals surface area contributed by atoms with Gasteiger partial charge in [-0.1, -0.05) is 36.7 Å². The summed E-state index contributed by atoms with van der Waals surface area (Å²) in [5.74, 6) is 0.889. The molecule has 3 rings (SSSR count). The van der Waals surface area contributed by atoms with Gasteiger partial charge in [0, 0.05) is 29.7 Å². The Labute approximate surface area is 158 Å². The highest BCUT2D eigenvalue weighted by molar-refractivity contribution is 6.30. The first kappa shape index (κ1) is 18.9. The lowest BCUT2D eigenvalue weighted by Crippen LogP contribution is -2.51. The zero-order chi connectivity index (χ0) is 17.9. The Morgan fingerprint density at radius 3 is 2.32 bits per heavy atom. The molecule has 0 bridgehead atoms. The Bertz CT molecular complexity index is 556. The summed E-state index contributed by atoms with van der Waals surface area (Å²) in [6.45, 7) is 9.64. The van der Waals surface area contributed by atoms with Gasteiger partial charge in [-0.3, -0.25) is 4.90 Å². The molecule has 2 saturated carbocycles. The van der Waals surface area contributed by atoms with E-state index in [9.17, 15) is 0 Å². The van der Waals surface area contributed by atoms with Gasteiger partial charge in [-0.05, 0) is 75.7 Å². The fourth-order valence-corrected chi connectivity index (χ4v) is 4.64. The predicted octanol–water partition coefficient (Wildman–Crippen LogP) is 5.33. The SMILES string of the molecule is C=CCN(CC1CC1)C1(c2ccc(Cl)cc2)CCC(N(C)CC)CC1. The third-order valence-corrected chi connectivity index (χ3v) is 6.67. The highest BCUT2D eigenvalue weighted by atomic mass is 35.5. The number of hydrogen-bond acceptors (Lipinski definition) is 2. The van der Waals surface area contributed by atoms with Crippen molar-refractivity contribution in [2.45, 2.75) is 57.0 Å². The van der Waals surface area contributed by atoms with Crippen molar-refractivity contribution in [3.05, 3.63) is 47.5 Å². The summed E-state index contributed by atoms with van der Waals surface area (Å²) in [7, 11) is 2.27. The molecule has 1 aromatic carbocycles. The summed E-state index contributed by atoms with van der Waals surface area (Å²) in [6, 6.07) is 9.36. The van der Waals surface area contributed by atoms with Crippen molar-refractivity contribution in [2.24, 2.45) is 5.92 Å². The quantitative estimate of drug-likeness (QED) is 0.578. The van der Waals surface area contributed by atoms with Crippen molar-refractivity contribution < 1.29 is 0 Å². The Morgan fingerprint density at radius 1 is 1.16 bits per heavy atom. The van der Waals surface area contributed by atoms with Crippen LogP contribution in [0, 0.1) is 5.92 Å². The summed E-state index contributed by atoms with van der Waals surface area (Å²) >= 11 is 6.18. The molecule has 0 N–H and O–H groups in total. The molecule has 0 spiro atoms.